The SMILES string of the molecule is COCCOc1ccc(C(C)C)nc1. The summed E-state index contributed by atoms with van der Waals surface area (Å²) in [6.45, 7) is 5.41. The number of rotatable bonds is 5. The van der Waals surface area contributed by atoms with E-state index in [9.17, 15) is 0 Å². The zero-order valence-electron chi connectivity index (χ0n) is 8.99. The van der Waals surface area contributed by atoms with Gasteiger partial charge in [-0.2, -0.15) is 0 Å². The van der Waals surface area contributed by atoms with E-state index in [4.69, 9.17) is 9.47 Å². The maximum atomic E-state index is 5.39. The average Bonchev–Trinajstić information content (AvgIpc) is 2.19. The van der Waals surface area contributed by atoms with E-state index >= 15 is 0 Å². The van der Waals surface area contributed by atoms with Crippen molar-refractivity contribution in [3.05, 3.63) is 24.0 Å². The van der Waals surface area contributed by atoms with E-state index < -0.39 is 0 Å². The van der Waals surface area contributed by atoms with Crippen molar-refractivity contribution >= 4 is 0 Å². The van der Waals surface area contributed by atoms with Gasteiger partial charge in [0.15, 0.2) is 0 Å². The lowest BCUT2D eigenvalue weighted by molar-refractivity contribution is 0.146. The fourth-order valence-corrected chi connectivity index (χ4v) is 1.06. The minimum Gasteiger partial charge on any atom is -0.490 e. The van der Waals surface area contributed by atoms with E-state index in [1.54, 1.807) is 13.3 Å². The maximum absolute atomic E-state index is 5.39. The van der Waals surface area contributed by atoms with Gasteiger partial charge >= 0.3 is 0 Å². The van der Waals surface area contributed by atoms with Crippen LogP contribution in [0.4, 0.5) is 0 Å². The first-order valence-electron chi connectivity index (χ1n) is 4.81. The number of hydrogen-bond acceptors (Lipinski definition) is 3. The average molecular weight is 195 g/mol. The second-order valence-electron chi connectivity index (χ2n) is 3.41. The quantitative estimate of drug-likeness (QED) is 0.675. The third kappa shape index (κ3) is 3.34. The van der Waals surface area contributed by atoms with Crippen molar-refractivity contribution in [1.29, 1.82) is 0 Å². The molecule has 0 aromatic carbocycles. The molecular formula is C11H17NO2. The van der Waals surface area contributed by atoms with E-state index in [1.807, 2.05) is 12.1 Å². The highest BCUT2D eigenvalue weighted by molar-refractivity contribution is 5.21. The van der Waals surface area contributed by atoms with Crippen molar-refractivity contribution < 1.29 is 9.47 Å². The largest absolute Gasteiger partial charge is 0.490 e. The van der Waals surface area contributed by atoms with Gasteiger partial charge in [0.1, 0.15) is 12.4 Å². The standard InChI is InChI=1S/C11H17NO2/c1-9(2)11-5-4-10(8-12-11)14-7-6-13-3/h4-5,8-9H,6-7H2,1-3H3. The molecular weight excluding hydrogens is 178 g/mol. The second kappa shape index (κ2) is 5.60. The number of nitrogens with zero attached hydrogens (tertiary/aromatic N) is 1. The van der Waals surface area contributed by atoms with Crippen LogP contribution in [0.25, 0.3) is 0 Å². The zero-order chi connectivity index (χ0) is 10.4. The molecule has 0 fully saturated rings. The van der Waals surface area contributed by atoms with Crippen LogP contribution in [-0.2, 0) is 4.74 Å². The van der Waals surface area contributed by atoms with Crippen LogP contribution < -0.4 is 4.74 Å². The van der Waals surface area contributed by atoms with Crippen LogP contribution in [0.15, 0.2) is 18.3 Å². The number of ether oxygens (including phenoxy) is 2. The molecule has 1 aromatic heterocycles. The Balaban J connectivity index is 2.47. The lowest BCUT2D eigenvalue weighted by atomic mass is 10.1. The van der Waals surface area contributed by atoms with Gasteiger partial charge < -0.3 is 9.47 Å². The maximum Gasteiger partial charge on any atom is 0.137 e. The van der Waals surface area contributed by atoms with Gasteiger partial charge in [-0.1, -0.05) is 13.8 Å². The molecule has 0 atom stereocenters. The summed E-state index contributed by atoms with van der Waals surface area (Å²) in [5.41, 5.74) is 1.09. The highest BCUT2D eigenvalue weighted by Gasteiger charge is 2.00. The van der Waals surface area contributed by atoms with Crippen molar-refractivity contribution in [3.63, 3.8) is 0 Å². The van der Waals surface area contributed by atoms with Crippen LogP contribution >= 0.6 is 0 Å². The number of hydrogen-bond donors (Lipinski definition) is 0. The molecule has 0 amide bonds. The fourth-order valence-electron chi connectivity index (χ4n) is 1.06. The second-order valence-corrected chi connectivity index (χ2v) is 3.41. The van der Waals surface area contributed by atoms with E-state index in [-0.39, 0.29) is 0 Å². The number of pyridine rings is 1. The first-order chi connectivity index (χ1) is 6.74. The first kappa shape index (κ1) is 11.0. The predicted molar refractivity (Wildman–Crippen MR) is 55.7 cm³/mol. The van der Waals surface area contributed by atoms with Gasteiger partial charge in [-0.25, -0.2) is 0 Å². The molecule has 0 saturated heterocycles. The molecule has 1 aromatic rings. The Morgan fingerprint density at radius 3 is 2.57 bits per heavy atom. The van der Waals surface area contributed by atoms with Crippen molar-refractivity contribution in [2.24, 2.45) is 0 Å². The Morgan fingerprint density at radius 2 is 2.07 bits per heavy atom. The molecule has 3 heteroatoms. The van der Waals surface area contributed by atoms with Gasteiger partial charge in [-0.15, -0.1) is 0 Å². The summed E-state index contributed by atoms with van der Waals surface area (Å²) in [6, 6.07) is 3.94. The summed E-state index contributed by atoms with van der Waals surface area (Å²) in [5, 5.41) is 0. The summed E-state index contributed by atoms with van der Waals surface area (Å²) >= 11 is 0. The molecule has 0 N–H and O–H groups in total. The third-order valence-corrected chi connectivity index (χ3v) is 1.91. The summed E-state index contributed by atoms with van der Waals surface area (Å²) < 4.78 is 10.3. The monoisotopic (exact) mass is 195 g/mol. The van der Waals surface area contributed by atoms with E-state index in [2.05, 4.69) is 18.8 Å². The topological polar surface area (TPSA) is 31.4 Å². The van der Waals surface area contributed by atoms with Crippen molar-refractivity contribution in [1.82, 2.24) is 4.98 Å². The highest BCUT2D eigenvalue weighted by atomic mass is 16.5. The van der Waals surface area contributed by atoms with Crippen LogP contribution in [0.3, 0.4) is 0 Å². The number of aromatic nitrogens is 1. The van der Waals surface area contributed by atoms with Crippen molar-refractivity contribution in [3.8, 4) is 5.75 Å². The Labute approximate surface area is 85.1 Å². The lowest BCUT2D eigenvalue weighted by Crippen LogP contribution is -2.04. The van der Waals surface area contributed by atoms with Crippen LogP contribution in [-0.4, -0.2) is 25.3 Å². The zero-order valence-corrected chi connectivity index (χ0v) is 8.99. The minimum absolute atomic E-state index is 0.461. The Kier molecular flexibility index (Phi) is 4.40. The van der Waals surface area contributed by atoms with Crippen molar-refractivity contribution in [2.45, 2.75) is 19.8 Å². The molecule has 0 aliphatic carbocycles. The van der Waals surface area contributed by atoms with Crippen LogP contribution in [0.2, 0.25) is 0 Å². The number of methoxy groups -OCH3 is 1. The van der Waals surface area contributed by atoms with Gasteiger partial charge in [0.2, 0.25) is 0 Å². The summed E-state index contributed by atoms with van der Waals surface area (Å²) in [6.07, 6.45) is 1.75. The van der Waals surface area contributed by atoms with E-state index in [1.165, 1.54) is 0 Å². The van der Waals surface area contributed by atoms with Crippen LogP contribution in [0.1, 0.15) is 25.5 Å². The van der Waals surface area contributed by atoms with Crippen LogP contribution in [0.5, 0.6) is 5.75 Å². The molecule has 1 rings (SSSR count). The van der Waals surface area contributed by atoms with E-state index in [0.29, 0.717) is 19.1 Å². The molecule has 0 bridgehead atoms. The van der Waals surface area contributed by atoms with Crippen LogP contribution in [0, 0.1) is 0 Å². The van der Waals surface area contributed by atoms with Gasteiger partial charge in [0, 0.05) is 12.8 Å². The first-order valence-corrected chi connectivity index (χ1v) is 4.81. The van der Waals surface area contributed by atoms with Gasteiger partial charge in [-0.05, 0) is 18.1 Å². The highest BCUT2D eigenvalue weighted by Crippen LogP contribution is 2.15. The van der Waals surface area contributed by atoms with Gasteiger partial charge in [0.25, 0.3) is 0 Å². The summed E-state index contributed by atoms with van der Waals surface area (Å²) in [7, 11) is 1.66. The van der Waals surface area contributed by atoms with Crippen molar-refractivity contribution in [2.75, 3.05) is 20.3 Å². The normalized spacial score (nSPS) is 10.6. The molecule has 1 heterocycles. The molecule has 0 unspecified atom stereocenters. The van der Waals surface area contributed by atoms with Gasteiger partial charge in [-0.3, -0.25) is 4.98 Å². The Hall–Kier alpha value is -1.09. The Bertz CT molecular complexity index is 256. The molecule has 0 aliphatic rings. The Morgan fingerprint density at radius 1 is 1.29 bits per heavy atom. The summed E-state index contributed by atoms with van der Waals surface area (Å²) in [4.78, 5) is 4.29. The predicted octanol–water partition coefficient (Wildman–Crippen LogP) is 2.23. The lowest BCUT2D eigenvalue weighted by Gasteiger charge is -2.07. The third-order valence-electron chi connectivity index (χ3n) is 1.91. The molecule has 0 spiro atoms. The van der Waals surface area contributed by atoms with Gasteiger partial charge in [0.05, 0.1) is 12.8 Å². The fraction of sp³-hybridized carbons (Fsp3) is 0.545. The molecule has 3 nitrogen and oxygen atoms in total. The van der Waals surface area contributed by atoms with E-state index in [0.717, 1.165) is 11.4 Å². The molecule has 78 valence electrons. The molecule has 0 saturated carbocycles. The molecule has 0 aliphatic heterocycles. The summed E-state index contributed by atoms with van der Waals surface area (Å²) in [5.74, 6) is 1.26. The molecule has 14 heavy (non-hydrogen) atoms. The molecule has 0 radical (unpaired) electrons. The smallest absolute Gasteiger partial charge is 0.137 e. The minimum atomic E-state index is 0.461.